The van der Waals surface area contributed by atoms with Crippen LogP contribution in [-0.2, 0) is 14.3 Å². The van der Waals surface area contributed by atoms with Crippen LogP contribution in [0.3, 0.4) is 0 Å². The molecular weight excluding hydrogens is 256 g/mol. The van der Waals surface area contributed by atoms with Crippen molar-refractivity contribution in [3.05, 3.63) is 23.8 Å². The monoisotopic (exact) mass is 276 g/mol. The Hall–Kier alpha value is -1.88. The molecule has 0 saturated carbocycles. The number of anilines is 2. The first-order chi connectivity index (χ1) is 9.60. The summed E-state index contributed by atoms with van der Waals surface area (Å²) < 4.78 is 5.22. The highest BCUT2D eigenvalue weighted by atomic mass is 16.5. The first-order valence-electron chi connectivity index (χ1n) is 6.89. The molecule has 20 heavy (non-hydrogen) atoms. The van der Waals surface area contributed by atoms with Crippen molar-refractivity contribution in [2.75, 3.05) is 23.8 Å². The predicted molar refractivity (Wildman–Crippen MR) is 77.7 cm³/mol. The van der Waals surface area contributed by atoms with E-state index in [0.29, 0.717) is 25.3 Å². The quantitative estimate of drug-likeness (QED) is 0.886. The molecule has 1 aliphatic heterocycles. The van der Waals surface area contributed by atoms with E-state index in [1.165, 1.54) is 0 Å². The van der Waals surface area contributed by atoms with E-state index in [9.17, 15) is 9.59 Å². The third-order valence-corrected chi connectivity index (χ3v) is 3.40. The number of carbonyl (C=O) groups excluding carboxylic acids is 2. The SMILES string of the molecule is CCC(=O)Nc1ccc(C)c(NC(=O)C2CCOC2)c1. The maximum atomic E-state index is 12.1. The smallest absolute Gasteiger partial charge is 0.229 e. The van der Waals surface area contributed by atoms with Crippen molar-refractivity contribution in [3.8, 4) is 0 Å². The van der Waals surface area contributed by atoms with Gasteiger partial charge in [-0.15, -0.1) is 0 Å². The lowest BCUT2D eigenvalue weighted by atomic mass is 10.1. The molecule has 0 bridgehead atoms. The van der Waals surface area contributed by atoms with Crippen LogP contribution in [0, 0.1) is 12.8 Å². The van der Waals surface area contributed by atoms with Crippen molar-refractivity contribution in [2.24, 2.45) is 5.92 Å². The highest BCUT2D eigenvalue weighted by Crippen LogP contribution is 2.22. The Morgan fingerprint density at radius 2 is 2.15 bits per heavy atom. The zero-order valence-electron chi connectivity index (χ0n) is 11.9. The molecule has 1 aromatic carbocycles. The lowest BCUT2D eigenvalue weighted by Gasteiger charge is -2.13. The maximum absolute atomic E-state index is 12.1. The Morgan fingerprint density at radius 3 is 2.80 bits per heavy atom. The van der Waals surface area contributed by atoms with Gasteiger partial charge < -0.3 is 15.4 Å². The van der Waals surface area contributed by atoms with Crippen molar-refractivity contribution in [2.45, 2.75) is 26.7 Å². The molecule has 1 fully saturated rings. The number of aryl methyl sites for hydroxylation is 1. The van der Waals surface area contributed by atoms with E-state index >= 15 is 0 Å². The molecule has 5 heteroatoms. The van der Waals surface area contributed by atoms with Crippen molar-refractivity contribution in [1.82, 2.24) is 0 Å². The number of hydrogen-bond acceptors (Lipinski definition) is 3. The molecule has 1 aromatic rings. The van der Waals surface area contributed by atoms with Crippen molar-refractivity contribution in [1.29, 1.82) is 0 Å². The van der Waals surface area contributed by atoms with Crippen LogP contribution >= 0.6 is 0 Å². The molecule has 1 heterocycles. The first-order valence-corrected chi connectivity index (χ1v) is 6.89. The average Bonchev–Trinajstić information content (AvgIpc) is 2.96. The van der Waals surface area contributed by atoms with Gasteiger partial charge in [0, 0.05) is 24.4 Å². The normalized spacial score (nSPS) is 17.8. The second-order valence-corrected chi connectivity index (χ2v) is 4.98. The minimum atomic E-state index is -0.0803. The second-order valence-electron chi connectivity index (χ2n) is 4.98. The molecule has 0 aromatic heterocycles. The third-order valence-electron chi connectivity index (χ3n) is 3.40. The second kappa shape index (κ2) is 6.52. The topological polar surface area (TPSA) is 67.4 Å². The zero-order chi connectivity index (χ0) is 14.5. The van der Waals surface area contributed by atoms with Gasteiger partial charge in [0.25, 0.3) is 0 Å². The number of nitrogens with one attached hydrogen (secondary N) is 2. The Bertz CT molecular complexity index is 508. The zero-order valence-corrected chi connectivity index (χ0v) is 11.9. The van der Waals surface area contributed by atoms with Crippen LogP contribution in [0.5, 0.6) is 0 Å². The van der Waals surface area contributed by atoms with Gasteiger partial charge in [-0.3, -0.25) is 9.59 Å². The van der Waals surface area contributed by atoms with E-state index in [2.05, 4.69) is 10.6 Å². The van der Waals surface area contributed by atoms with E-state index in [0.717, 1.165) is 17.7 Å². The molecule has 2 amide bonds. The first kappa shape index (κ1) is 14.5. The lowest BCUT2D eigenvalue weighted by Crippen LogP contribution is -2.23. The molecule has 1 saturated heterocycles. The van der Waals surface area contributed by atoms with Crippen molar-refractivity contribution < 1.29 is 14.3 Å². The molecule has 1 unspecified atom stereocenters. The molecule has 0 spiro atoms. The summed E-state index contributed by atoms with van der Waals surface area (Å²) in [7, 11) is 0. The van der Waals surface area contributed by atoms with E-state index < -0.39 is 0 Å². The van der Waals surface area contributed by atoms with E-state index in [1.807, 2.05) is 19.1 Å². The summed E-state index contributed by atoms with van der Waals surface area (Å²) in [6.07, 6.45) is 1.19. The Labute approximate surface area is 118 Å². The predicted octanol–water partition coefficient (Wildman–Crippen LogP) is 2.32. The maximum Gasteiger partial charge on any atom is 0.229 e. The molecule has 5 nitrogen and oxygen atoms in total. The van der Waals surface area contributed by atoms with E-state index in [1.54, 1.807) is 13.0 Å². The Balaban J connectivity index is 2.07. The van der Waals surface area contributed by atoms with Gasteiger partial charge in [-0.05, 0) is 31.0 Å². The summed E-state index contributed by atoms with van der Waals surface area (Å²) in [5.74, 6) is -0.150. The molecule has 108 valence electrons. The van der Waals surface area contributed by atoms with Gasteiger partial charge in [-0.2, -0.15) is 0 Å². The molecule has 0 aliphatic carbocycles. The van der Waals surface area contributed by atoms with Gasteiger partial charge in [0.2, 0.25) is 11.8 Å². The van der Waals surface area contributed by atoms with Crippen molar-refractivity contribution in [3.63, 3.8) is 0 Å². The summed E-state index contributed by atoms with van der Waals surface area (Å²) in [4.78, 5) is 23.5. The Kier molecular flexibility index (Phi) is 4.74. The number of carbonyl (C=O) groups is 2. The van der Waals surface area contributed by atoms with E-state index in [-0.39, 0.29) is 17.7 Å². The molecule has 0 radical (unpaired) electrons. The van der Waals surface area contributed by atoms with Crippen LogP contribution in [-0.4, -0.2) is 25.0 Å². The van der Waals surface area contributed by atoms with Crippen LogP contribution in [0.15, 0.2) is 18.2 Å². The average molecular weight is 276 g/mol. The highest BCUT2D eigenvalue weighted by molar-refractivity contribution is 5.95. The van der Waals surface area contributed by atoms with Gasteiger partial charge in [0.15, 0.2) is 0 Å². The molecule has 1 aliphatic rings. The summed E-state index contributed by atoms with van der Waals surface area (Å²) in [5.41, 5.74) is 2.39. The standard InChI is InChI=1S/C15H20N2O3/c1-3-14(18)16-12-5-4-10(2)13(8-12)17-15(19)11-6-7-20-9-11/h4-5,8,11H,3,6-7,9H2,1-2H3,(H,16,18)(H,17,19). The summed E-state index contributed by atoms with van der Waals surface area (Å²) in [6, 6.07) is 5.50. The summed E-state index contributed by atoms with van der Waals surface area (Å²) >= 11 is 0. The number of hydrogen-bond donors (Lipinski definition) is 2. The van der Waals surface area contributed by atoms with Crippen LogP contribution in [0.4, 0.5) is 11.4 Å². The van der Waals surface area contributed by atoms with Gasteiger partial charge in [0.1, 0.15) is 0 Å². The molecule has 2 N–H and O–H groups in total. The fourth-order valence-corrected chi connectivity index (χ4v) is 2.06. The van der Waals surface area contributed by atoms with Crippen LogP contribution in [0.1, 0.15) is 25.3 Å². The van der Waals surface area contributed by atoms with Gasteiger partial charge in [-0.25, -0.2) is 0 Å². The van der Waals surface area contributed by atoms with Crippen LogP contribution < -0.4 is 10.6 Å². The van der Waals surface area contributed by atoms with Crippen LogP contribution in [0.2, 0.25) is 0 Å². The summed E-state index contributed by atoms with van der Waals surface area (Å²) in [5, 5.41) is 5.70. The highest BCUT2D eigenvalue weighted by Gasteiger charge is 2.23. The fourth-order valence-electron chi connectivity index (χ4n) is 2.06. The summed E-state index contributed by atoms with van der Waals surface area (Å²) in [6.45, 7) is 4.85. The fraction of sp³-hybridized carbons (Fsp3) is 0.467. The lowest BCUT2D eigenvalue weighted by molar-refractivity contribution is -0.120. The van der Waals surface area contributed by atoms with Gasteiger partial charge in [-0.1, -0.05) is 13.0 Å². The number of amides is 2. The van der Waals surface area contributed by atoms with E-state index in [4.69, 9.17) is 4.74 Å². The van der Waals surface area contributed by atoms with Gasteiger partial charge in [0.05, 0.1) is 12.5 Å². The minimum absolute atomic E-state index is 0.0235. The number of rotatable bonds is 4. The van der Waals surface area contributed by atoms with Gasteiger partial charge >= 0.3 is 0 Å². The van der Waals surface area contributed by atoms with Crippen LogP contribution in [0.25, 0.3) is 0 Å². The number of ether oxygens (including phenoxy) is 1. The van der Waals surface area contributed by atoms with Crippen molar-refractivity contribution >= 4 is 23.2 Å². The largest absolute Gasteiger partial charge is 0.381 e. The molecule has 2 rings (SSSR count). The number of benzene rings is 1. The minimum Gasteiger partial charge on any atom is -0.381 e. The molecule has 1 atom stereocenters. The third kappa shape index (κ3) is 3.57. The molecular formula is C15H20N2O3. The Morgan fingerprint density at radius 1 is 1.35 bits per heavy atom.